The van der Waals surface area contributed by atoms with Gasteiger partial charge in [0.25, 0.3) is 0 Å². The molecular weight excluding hydrogens is 234 g/mol. The summed E-state index contributed by atoms with van der Waals surface area (Å²) in [6.07, 6.45) is 8.92. The molecule has 4 heteroatoms. The van der Waals surface area contributed by atoms with Crippen molar-refractivity contribution in [3.05, 3.63) is 0 Å². The SMILES string of the molecule is CC1CC2CCCCC2N1CCCS(C)(=O)=O. The van der Waals surface area contributed by atoms with Crippen molar-refractivity contribution in [3.63, 3.8) is 0 Å². The number of fused-ring (bicyclic) bond motifs is 1. The molecule has 17 heavy (non-hydrogen) atoms. The van der Waals surface area contributed by atoms with E-state index in [1.807, 2.05) is 0 Å². The van der Waals surface area contributed by atoms with Crippen molar-refractivity contribution in [2.24, 2.45) is 5.92 Å². The van der Waals surface area contributed by atoms with Gasteiger partial charge < -0.3 is 0 Å². The van der Waals surface area contributed by atoms with Gasteiger partial charge in [-0.1, -0.05) is 12.8 Å². The number of sulfone groups is 1. The Morgan fingerprint density at radius 3 is 2.65 bits per heavy atom. The lowest BCUT2D eigenvalue weighted by Gasteiger charge is -2.33. The Morgan fingerprint density at radius 2 is 1.94 bits per heavy atom. The maximum Gasteiger partial charge on any atom is 0.147 e. The minimum absolute atomic E-state index is 0.341. The Labute approximate surface area is 105 Å². The average Bonchev–Trinajstić information content (AvgIpc) is 2.54. The molecule has 1 saturated carbocycles. The van der Waals surface area contributed by atoms with Crippen LogP contribution < -0.4 is 0 Å². The lowest BCUT2D eigenvalue weighted by Crippen LogP contribution is -2.38. The summed E-state index contributed by atoms with van der Waals surface area (Å²) >= 11 is 0. The molecular formula is C13H25NO2S. The van der Waals surface area contributed by atoms with Crippen LogP contribution in [0.3, 0.4) is 0 Å². The van der Waals surface area contributed by atoms with Gasteiger partial charge in [0.2, 0.25) is 0 Å². The first-order chi connectivity index (χ1) is 7.97. The Morgan fingerprint density at radius 1 is 1.24 bits per heavy atom. The van der Waals surface area contributed by atoms with Crippen LogP contribution in [-0.4, -0.2) is 44.0 Å². The first-order valence-electron chi connectivity index (χ1n) is 6.91. The standard InChI is InChI=1S/C13H25NO2S/c1-11-10-12-6-3-4-7-13(12)14(11)8-5-9-17(2,15)16/h11-13H,3-10H2,1-2H3. The molecule has 0 N–H and O–H groups in total. The molecule has 0 aromatic rings. The summed E-state index contributed by atoms with van der Waals surface area (Å²) in [5, 5.41) is 0. The number of hydrogen-bond donors (Lipinski definition) is 0. The van der Waals surface area contributed by atoms with Crippen LogP contribution in [0.15, 0.2) is 0 Å². The molecule has 2 rings (SSSR count). The van der Waals surface area contributed by atoms with Gasteiger partial charge in [0.15, 0.2) is 0 Å². The summed E-state index contributed by atoms with van der Waals surface area (Å²) in [5.41, 5.74) is 0. The summed E-state index contributed by atoms with van der Waals surface area (Å²) in [6.45, 7) is 3.27. The van der Waals surface area contributed by atoms with Crippen LogP contribution in [-0.2, 0) is 9.84 Å². The molecule has 100 valence electrons. The van der Waals surface area contributed by atoms with Crippen molar-refractivity contribution in [2.75, 3.05) is 18.6 Å². The lowest BCUT2D eigenvalue weighted by atomic mass is 9.85. The molecule has 0 spiro atoms. The Hall–Kier alpha value is -0.0900. The fourth-order valence-electron chi connectivity index (χ4n) is 3.70. The fourth-order valence-corrected chi connectivity index (χ4v) is 4.35. The number of nitrogens with zero attached hydrogens (tertiary/aromatic N) is 1. The van der Waals surface area contributed by atoms with Crippen molar-refractivity contribution in [3.8, 4) is 0 Å². The van der Waals surface area contributed by atoms with Gasteiger partial charge in [-0.15, -0.1) is 0 Å². The van der Waals surface area contributed by atoms with E-state index in [0.717, 1.165) is 24.9 Å². The van der Waals surface area contributed by atoms with Crippen LogP contribution in [0.25, 0.3) is 0 Å². The highest BCUT2D eigenvalue weighted by molar-refractivity contribution is 7.90. The van der Waals surface area contributed by atoms with Crippen LogP contribution in [0.5, 0.6) is 0 Å². The summed E-state index contributed by atoms with van der Waals surface area (Å²) in [7, 11) is -2.79. The lowest BCUT2D eigenvalue weighted by molar-refractivity contribution is 0.157. The molecule has 2 aliphatic rings. The Bertz CT molecular complexity index is 352. The van der Waals surface area contributed by atoms with E-state index < -0.39 is 9.84 Å². The topological polar surface area (TPSA) is 37.4 Å². The van der Waals surface area contributed by atoms with Gasteiger partial charge in [-0.25, -0.2) is 8.42 Å². The Kier molecular flexibility index (Phi) is 4.14. The minimum atomic E-state index is -2.79. The summed E-state index contributed by atoms with van der Waals surface area (Å²) in [5.74, 6) is 1.23. The second-order valence-corrected chi connectivity index (χ2v) is 8.18. The van der Waals surface area contributed by atoms with Gasteiger partial charge in [0, 0.05) is 18.3 Å². The molecule has 1 aliphatic carbocycles. The van der Waals surface area contributed by atoms with Crippen LogP contribution in [0.2, 0.25) is 0 Å². The van der Waals surface area contributed by atoms with Gasteiger partial charge in [-0.2, -0.15) is 0 Å². The molecule has 1 saturated heterocycles. The minimum Gasteiger partial charge on any atom is -0.297 e. The largest absolute Gasteiger partial charge is 0.297 e. The summed E-state index contributed by atoms with van der Waals surface area (Å²) in [4.78, 5) is 2.58. The van der Waals surface area contributed by atoms with Gasteiger partial charge >= 0.3 is 0 Å². The summed E-state index contributed by atoms with van der Waals surface area (Å²) < 4.78 is 22.3. The van der Waals surface area contributed by atoms with Gasteiger partial charge in [-0.3, -0.25) is 4.90 Å². The molecule has 3 nitrogen and oxygen atoms in total. The number of hydrogen-bond acceptors (Lipinski definition) is 3. The van der Waals surface area contributed by atoms with Crippen molar-refractivity contribution in [1.29, 1.82) is 0 Å². The van der Waals surface area contributed by atoms with E-state index in [0.29, 0.717) is 11.8 Å². The fraction of sp³-hybridized carbons (Fsp3) is 1.00. The van der Waals surface area contributed by atoms with Gasteiger partial charge in [-0.05, 0) is 45.1 Å². The third-order valence-electron chi connectivity index (χ3n) is 4.44. The third-order valence-corrected chi connectivity index (χ3v) is 5.47. The van der Waals surface area contributed by atoms with E-state index in [1.54, 1.807) is 0 Å². The normalized spacial score (nSPS) is 34.8. The van der Waals surface area contributed by atoms with Crippen molar-refractivity contribution in [1.82, 2.24) is 4.90 Å². The third kappa shape index (κ3) is 3.44. The number of rotatable bonds is 4. The highest BCUT2D eigenvalue weighted by atomic mass is 32.2. The first-order valence-corrected chi connectivity index (χ1v) is 8.97. The van der Waals surface area contributed by atoms with Crippen molar-refractivity contribution in [2.45, 2.75) is 57.5 Å². The zero-order chi connectivity index (χ0) is 12.5. The molecule has 1 aliphatic heterocycles. The monoisotopic (exact) mass is 259 g/mol. The van der Waals surface area contributed by atoms with Gasteiger partial charge in [0.05, 0.1) is 5.75 Å². The maximum absolute atomic E-state index is 11.2. The molecule has 3 atom stereocenters. The van der Waals surface area contributed by atoms with Crippen molar-refractivity contribution >= 4 is 9.84 Å². The maximum atomic E-state index is 11.2. The van der Waals surface area contributed by atoms with Crippen molar-refractivity contribution < 1.29 is 8.42 Å². The zero-order valence-corrected chi connectivity index (χ0v) is 11.9. The molecule has 1 heterocycles. The summed E-state index contributed by atoms with van der Waals surface area (Å²) in [6, 6.07) is 1.40. The van der Waals surface area contributed by atoms with Crippen LogP contribution in [0, 0.1) is 5.92 Å². The molecule has 0 amide bonds. The molecule has 0 radical (unpaired) electrons. The van der Waals surface area contributed by atoms with E-state index in [-0.39, 0.29) is 0 Å². The predicted molar refractivity (Wildman–Crippen MR) is 70.9 cm³/mol. The van der Waals surface area contributed by atoms with E-state index >= 15 is 0 Å². The van der Waals surface area contributed by atoms with E-state index in [2.05, 4.69) is 11.8 Å². The average molecular weight is 259 g/mol. The molecule has 0 bridgehead atoms. The van der Waals surface area contributed by atoms with Gasteiger partial charge in [0.1, 0.15) is 9.84 Å². The smallest absolute Gasteiger partial charge is 0.147 e. The molecule has 0 aromatic carbocycles. The Balaban J connectivity index is 1.87. The van der Waals surface area contributed by atoms with Crippen LogP contribution in [0.1, 0.15) is 45.4 Å². The van der Waals surface area contributed by atoms with Crippen LogP contribution >= 0.6 is 0 Å². The van der Waals surface area contributed by atoms with E-state index in [9.17, 15) is 8.42 Å². The zero-order valence-electron chi connectivity index (χ0n) is 11.1. The molecule has 0 aromatic heterocycles. The number of likely N-dealkylation sites (tertiary alicyclic amines) is 1. The highest BCUT2D eigenvalue weighted by Crippen LogP contribution is 2.39. The molecule has 3 unspecified atom stereocenters. The second kappa shape index (κ2) is 5.27. The van der Waals surface area contributed by atoms with E-state index in [1.165, 1.54) is 38.4 Å². The first kappa shape index (κ1) is 13.3. The highest BCUT2D eigenvalue weighted by Gasteiger charge is 2.39. The van der Waals surface area contributed by atoms with E-state index in [4.69, 9.17) is 0 Å². The second-order valence-electron chi connectivity index (χ2n) is 5.92. The predicted octanol–water partition coefficient (Wildman–Crippen LogP) is 2.07. The molecule has 2 fully saturated rings. The van der Waals surface area contributed by atoms with Crippen LogP contribution in [0.4, 0.5) is 0 Å². The quantitative estimate of drug-likeness (QED) is 0.775.